The molecule has 5 heteroatoms. The van der Waals surface area contributed by atoms with Crippen molar-refractivity contribution in [3.63, 3.8) is 0 Å². The molecule has 0 saturated carbocycles. The summed E-state index contributed by atoms with van der Waals surface area (Å²) in [5.74, 6) is 0.912. The van der Waals surface area contributed by atoms with E-state index in [-0.39, 0.29) is 5.78 Å². The Morgan fingerprint density at radius 3 is 2.16 bits per heavy atom. The van der Waals surface area contributed by atoms with Crippen LogP contribution >= 0.6 is 0 Å². The fourth-order valence-corrected chi connectivity index (χ4v) is 3.05. The molecule has 0 unspecified atom stereocenters. The summed E-state index contributed by atoms with van der Waals surface area (Å²) in [6.45, 7) is 12.0. The van der Waals surface area contributed by atoms with E-state index in [1.807, 2.05) is 45.0 Å². The lowest BCUT2D eigenvalue weighted by atomic mass is 10.0. The van der Waals surface area contributed by atoms with Crippen molar-refractivity contribution >= 4 is 17.8 Å². The highest BCUT2D eigenvalue weighted by Crippen LogP contribution is 2.29. The van der Waals surface area contributed by atoms with Gasteiger partial charge in [-0.2, -0.15) is 0 Å². The number of benzene rings is 2. The summed E-state index contributed by atoms with van der Waals surface area (Å²) in [5, 5.41) is 0. The molecule has 166 valence electrons. The standard InChI is InChI=1S/C26H32O5/c1-7-15-30-22-12-10-21(11-13-22)23(27)14-9-20-16-18(3)24(19(4)17-20)31-26(5,6)25(28)29-8-2/h9-14,16-17H,7-8,15H2,1-6H3. The molecule has 0 spiro atoms. The van der Waals surface area contributed by atoms with E-state index in [4.69, 9.17) is 14.2 Å². The molecule has 0 radical (unpaired) electrons. The Hall–Kier alpha value is -3.08. The molecule has 0 saturated heterocycles. The molecule has 0 N–H and O–H groups in total. The molecule has 2 rings (SSSR count). The van der Waals surface area contributed by atoms with Crippen molar-refractivity contribution in [1.29, 1.82) is 0 Å². The van der Waals surface area contributed by atoms with Crippen LogP contribution in [0.5, 0.6) is 11.5 Å². The lowest BCUT2D eigenvalue weighted by Crippen LogP contribution is -2.40. The first-order valence-electron chi connectivity index (χ1n) is 10.6. The highest BCUT2D eigenvalue weighted by molar-refractivity contribution is 6.06. The number of ketones is 1. The molecule has 0 atom stereocenters. The molecule has 0 aromatic heterocycles. The molecular formula is C26H32O5. The van der Waals surface area contributed by atoms with Crippen molar-refractivity contribution in [2.45, 2.75) is 53.6 Å². The Balaban J connectivity index is 2.13. The van der Waals surface area contributed by atoms with Crippen LogP contribution in [0.2, 0.25) is 0 Å². The van der Waals surface area contributed by atoms with E-state index in [0.717, 1.165) is 28.9 Å². The van der Waals surface area contributed by atoms with Gasteiger partial charge < -0.3 is 14.2 Å². The average molecular weight is 425 g/mol. The fourth-order valence-electron chi connectivity index (χ4n) is 3.05. The van der Waals surface area contributed by atoms with Crippen LogP contribution in [0.25, 0.3) is 6.08 Å². The summed E-state index contributed by atoms with van der Waals surface area (Å²) >= 11 is 0. The van der Waals surface area contributed by atoms with E-state index in [9.17, 15) is 9.59 Å². The summed E-state index contributed by atoms with van der Waals surface area (Å²) in [4.78, 5) is 24.6. The third-order valence-corrected chi connectivity index (χ3v) is 4.65. The van der Waals surface area contributed by atoms with Crippen LogP contribution in [0.4, 0.5) is 0 Å². The van der Waals surface area contributed by atoms with Crippen molar-refractivity contribution < 1.29 is 23.8 Å². The fraction of sp³-hybridized carbons (Fsp3) is 0.385. The van der Waals surface area contributed by atoms with E-state index < -0.39 is 11.6 Å². The second-order valence-corrected chi connectivity index (χ2v) is 7.89. The molecule has 0 aliphatic heterocycles. The largest absolute Gasteiger partial charge is 0.494 e. The van der Waals surface area contributed by atoms with E-state index in [2.05, 4.69) is 0 Å². The number of carbonyl (C=O) groups is 2. The number of hydrogen-bond acceptors (Lipinski definition) is 5. The van der Waals surface area contributed by atoms with Crippen molar-refractivity contribution in [2.75, 3.05) is 13.2 Å². The van der Waals surface area contributed by atoms with Gasteiger partial charge >= 0.3 is 5.97 Å². The van der Waals surface area contributed by atoms with Gasteiger partial charge in [0.05, 0.1) is 13.2 Å². The molecule has 0 fully saturated rings. The number of esters is 1. The van der Waals surface area contributed by atoms with Gasteiger partial charge in [-0.15, -0.1) is 0 Å². The van der Waals surface area contributed by atoms with E-state index in [0.29, 0.717) is 24.5 Å². The zero-order chi connectivity index (χ0) is 23.0. The molecule has 0 aliphatic carbocycles. The number of rotatable bonds is 10. The number of hydrogen-bond donors (Lipinski definition) is 0. The predicted molar refractivity (Wildman–Crippen MR) is 123 cm³/mol. The summed E-state index contributed by atoms with van der Waals surface area (Å²) in [6.07, 6.45) is 4.27. The Morgan fingerprint density at radius 2 is 1.61 bits per heavy atom. The zero-order valence-electron chi connectivity index (χ0n) is 19.3. The smallest absolute Gasteiger partial charge is 0.349 e. The van der Waals surface area contributed by atoms with Crippen molar-refractivity contribution in [3.05, 3.63) is 64.7 Å². The maximum absolute atomic E-state index is 12.5. The van der Waals surface area contributed by atoms with Crippen LogP contribution in [0.3, 0.4) is 0 Å². The number of carbonyl (C=O) groups excluding carboxylic acids is 2. The molecule has 0 heterocycles. The van der Waals surface area contributed by atoms with Crippen LogP contribution in [0.1, 0.15) is 61.2 Å². The van der Waals surface area contributed by atoms with E-state index >= 15 is 0 Å². The van der Waals surface area contributed by atoms with Crippen LogP contribution in [0, 0.1) is 13.8 Å². The lowest BCUT2D eigenvalue weighted by Gasteiger charge is -2.26. The van der Waals surface area contributed by atoms with Gasteiger partial charge in [0.1, 0.15) is 11.5 Å². The maximum Gasteiger partial charge on any atom is 0.349 e. The van der Waals surface area contributed by atoms with Gasteiger partial charge in [-0.1, -0.05) is 13.0 Å². The summed E-state index contributed by atoms with van der Waals surface area (Å²) < 4.78 is 16.6. The Labute approximate surface area is 185 Å². The van der Waals surface area contributed by atoms with Gasteiger partial charge in [-0.3, -0.25) is 4.79 Å². The third-order valence-electron chi connectivity index (χ3n) is 4.65. The van der Waals surface area contributed by atoms with Crippen LogP contribution in [0.15, 0.2) is 42.5 Å². The highest BCUT2D eigenvalue weighted by atomic mass is 16.6. The quantitative estimate of drug-likeness (QED) is 0.278. The number of aryl methyl sites for hydroxylation is 2. The molecule has 0 amide bonds. The molecule has 31 heavy (non-hydrogen) atoms. The molecule has 2 aromatic carbocycles. The van der Waals surface area contributed by atoms with Crippen molar-refractivity contribution in [2.24, 2.45) is 0 Å². The summed E-state index contributed by atoms with van der Waals surface area (Å²) in [6, 6.07) is 11.0. The Kier molecular flexibility index (Phi) is 8.43. The SMILES string of the molecule is CCCOc1ccc(C(=O)C=Cc2cc(C)c(OC(C)(C)C(=O)OCC)c(C)c2)cc1. The average Bonchev–Trinajstić information content (AvgIpc) is 2.73. The molecule has 0 bridgehead atoms. The zero-order valence-corrected chi connectivity index (χ0v) is 19.3. The minimum absolute atomic E-state index is 0.0823. The topological polar surface area (TPSA) is 61.8 Å². The summed E-state index contributed by atoms with van der Waals surface area (Å²) in [7, 11) is 0. The normalized spacial score (nSPS) is 11.4. The number of allylic oxidation sites excluding steroid dienone is 1. The van der Waals surface area contributed by atoms with Crippen LogP contribution in [-0.4, -0.2) is 30.6 Å². The van der Waals surface area contributed by atoms with Gasteiger partial charge in [-0.05, 0) is 100 Å². The van der Waals surface area contributed by atoms with Gasteiger partial charge in [0.15, 0.2) is 11.4 Å². The highest BCUT2D eigenvalue weighted by Gasteiger charge is 2.32. The summed E-state index contributed by atoms with van der Waals surface area (Å²) in [5.41, 5.74) is 2.15. The minimum Gasteiger partial charge on any atom is -0.494 e. The van der Waals surface area contributed by atoms with Crippen LogP contribution < -0.4 is 9.47 Å². The van der Waals surface area contributed by atoms with Crippen molar-refractivity contribution in [1.82, 2.24) is 0 Å². The van der Waals surface area contributed by atoms with E-state index in [1.165, 1.54) is 0 Å². The first kappa shape index (κ1) is 24.2. The minimum atomic E-state index is -1.09. The predicted octanol–water partition coefficient (Wildman–Crippen LogP) is 5.71. The number of ether oxygens (including phenoxy) is 3. The van der Waals surface area contributed by atoms with Gasteiger partial charge in [0.2, 0.25) is 0 Å². The molecule has 2 aromatic rings. The third kappa shape index (κ3) is 6.71. The van der Waals surface area contributed by atoms with Gasteiger partial charge in [0.25, 0.3) is 0 Å². The molecular weight excluding hydrogens is 392 g/mol. The van der Waals surface area contributed by atoms with Crippen molar-refractivity contribution in [3.8, 4) is 11.5 Å². The van der Waals surface area contributed by atoms with E-state index in [1.54, 1.807) is 45.1 Å². The molecule has 0 aliphatic rings. The second kappa shape index (κ2) is 10.8. The van der Waals surface area contributed by atoms with Gasteiger partial charge in [-0.25, -0.2) is 4.79 Å². The van der Waals surface area contributed by atoms with Gasteiger partial charge in [0, 0.05) is 5.56 Å². The first-order valence-corrected chi connectivity index (χ1v) is 10.6. The monoisotopic (exact) mass is 424 g/mol. The first-order chi connectivity index (χ1) is 14.7. The molecule has 5 nitrogen and oxygen atoms in total. The lowest BCUT2D eigenvalue weighted by molar-refractivity contribution is -0.158. The van der Waals surface area contributed by atoms with Crippen LogP contribution in [-0.2, 0) is 9.53 Å². The second-order valence-electron chi connectivity index (χ2n) is 7.89. The Bertz CT molecular complexity index is 916. The maximum atomic E-state index is 12.5. The Morgan fingerprint density at radius 1 is 1.00 bits per heavy atom.